The molecule has 0 saturated carbocycles. The summed E-state index contributed by atoms with van der Waals surface area (Å²) in [6.07, 6.45) is 1.69. The Morgan fingerprint density at radius 1 is 1.29 bits per heavy atom. The predicted octanol–water partition coefficient (Wildman–Crippen LogP) is 2.15. The van der Waals surface area contributed by atoms with Gasteiger partial charge in [-0.15, -0.1) is 0 Å². The SMILES string of the molecule is N#Cc1ccc(OCC(=O)c2ccc[nH]2)cc1. The number of nitrogens with zero attached hydrogens (tertiary/aromatic N) is 1. The van der Waals surface area contributed by atoms with Crippen LogP contribution in [0.15, 0.2) is 42.6 Å². The lowest BCUT2D eigenvalue weighted by atomic mass is 10.2. The van der Waals surface area contributed by atoms with Crippen LogP contribution in [0.25, 0.3) is 0 Å². The van der Waals surface area contributed by atoms with Crippen LogP contribution in [0.1, 0.15) is 16.1 Å². The molecule has 84 valence electrons. The van der Waals surface area contributed by atoms with Crippen molar-refractivity contribution in [1.82, 2.24) is 4.98 Å². The quantitative estimate of drug-likeness (QED) is 0.812. The van der Waals surface area contributed by atoms with E-state index in [-0.39, 0.29) is 12.4 Å². The van der Waals surface area contributed by atoms with E-state index >= 15 is 0 Å². The van der Waals surface area contributed by atoms with E-state index < -0.39 is 0 Å². The zero-order valence-electron chi connectivity index (χ0n) is 9.01. The first-order valence-electron chi connectivity index (χ1n) is 5.09. The van der Waals surface area contributed by atoms with Gasteiger partial charge in [-0.05, 0) is 36.4 Å². The summed E-state index contributed by atoms with van der Waals surface area (Å²) in [6.45, 7) is -0.0214. The molecule has 0 aliphatic carbocycles. The minimum absolute atomic E-state index is 0.0214. The van der Waals surface area contributed by atoms with Crippen LogP contribution in [-0.4, -0.2) is 17.4 Å². The highest BCUT2D eigenvalue weighted by Gasteiger charge is 2.06. The second kappa shape index (κ2) is 4.99. The van der Waals surface area contributed by atoms with Crippen LogP contribution < -0.4 is 4.74 Å². The number of nitrogens with one attached hydrogen (secondary N) is 1. The van der Waals surface area contributed by atoms with E-state index in [9.17, 15) is 4.79 Å². The molecule has 0 fully saturated rings. The lowest BCUT2D eigenvalue weighted by Crippen LogP contribution is -2.11. The number of ether oxygens (including phenoxy) is 1. The number of hydrogen-bond donors (Lipinski definition) is 1. The normalized spacial score (nSPS) is 9.59. The number of benzene rings is 1. The van der Waals surface area contributed by atoms with Crippen molar-refractivity contribution in [2.75, 3.05) is 6.61 Å². The van der Waals surface area contributed by atoms with Gasteiger partial charge in [0.1, 0.15) is 5.75 Å². The van der Waals surface area contributed by atoms with Crippen LogP contribution in [0.3, 0.4) is 0 Å². The Kier molecular flexibility index (Phi) is 3.22. The Bertz CT molecular complexity index is 536. The van der Waals surface area contributed by atoms with Crippen molar-refractivity contribution in [3.05, 3.63) is 53.9 Å². The van der Waals surface area contributed by atoms with E-state index in [1.54, 1.807) is 42.6 Å². The molecular weight excluding hydrogens is 216 g/mol. The molecule has 1 aromatic heterocycles. The minimum Gasteiger partial charge on any atom is -0.485 e. The highest BCUT2D eigenvalue weighted by molar-refractivity contribution is 5.95. The molecule has 1 aromatic carbocycles. The van der Waals surface area contributed by atoms with Gasteiger partial charge in [0.05, 0.1) is 17.3 Å². The summed E-state index contributed by atoms with van der Waals surface area (Å²) in [5.74, 6) is 0.461. The second-order valence-electron chi connectivity index (χ2n) is 3.43. The smallest absolute Gasteiger partial charge is 0.216 e. The molecule has 2 aromatic rings. The van der Waals surface area contributed by atoms with Crippen molar-refractivity contribution in [1.29, 1.82) is 5.26 Å². The molecule has 0 bridgehead atoms. The van der Waals surface area contributed by atoms with E-state index in [1.807, 2.05) is 6.07 Å². The zero-order valence-corrected chi connectivity index (χ0v) is 9.01. The third-order valence-corrected chi connectivity index (χ3v) is 2.25. The first kappa shape index (κ1) is 11.0. The highest BCUT2D eigenvalue weighted by Crippen LogP contribution is 2.11. The van der Waals surface area contributed by atoms with Crippen LogP contribution in [0.5, 0.6) is 5.75 Å². The number of H-pyrrole nitrogens is 1. The van der Waals surface area contributed by atoms with E-state index in [2.05, 4.69) is 4.98 Å². The van der Waals surface area contributed by atoms with Crippen LogP contribution in [-0.2, 0) is 0 Å². The molecule has 0 spiro atoms. The maximum atomic E-state index is 11.6. The molecule has 1 heterocycles. The molecule has 0 unspecified atom stereocenters. The fraction of sp³-hybridized carbons (Fsp3) is 0.0769. The summed E-state index contributed by atoms with van der Waals surface area (Å²) < 4.78 is 5.31. The monoisotopic (exact) mass is 226 g/mol. The third-order valence-electron chi connectivity index (χ3n) is 2.25. The molecule has 17 heavy (non-hydrogen) atoms. The van der Waals surface area contributed by atoms with Gasteiger partial charge in [0.25, 0.3) is 0 Å². The first-order chi connectivity index (χ1) is 8.29. The second-order valence-corrected chi connectivity index (χ2v) is 3.43. The summed E-state index contributed by atoms with van der Waals surface area (Å²) in [6, 6.07) is 12.1. The van der Waals surface area contributed by atoms with Gasteiger partial charge in [0.2, 0.25) is 5.78 Å². The van der Waals surface area contributed by atoms with Gasteiger partial charge >= 0.3 is 0 Å². The van der Waals surface area contributed by atoms with E-state index in [0.717, 1.165) is 0 Å². The van der Waals surface area contributed by atoms with E-state index in [1.165, 1.54) is 0 Å². The van der Waals surface area contributed by atoms with Crippen molar-refractivity contribution in [3.8, 4) is 11.8 Å². The van der Waals surface area contributed by atoms with Crippen molar-refractivity contribution >= 4 is 5.78 Å². The fourth-order valence-corrected chi connectivity index (χ4v) is 1.36. The molecule has 0 aliphatic heterocycles. The van der Waals surface area contributed by atoms with Crippen molar-refractivity contribution < 1.29 is 9.53 Å². The molecule has 1 N–H and O–H groups in total. The number of aromatic nitrogens is 1. The van der Waals surface area contributed by atoms with Crippen molar-refractivity contribution in [2.45, 2.75) is 0 Å². The van der Waals surface area contributed by atoms with Gasteiger partial charge in [-0.3, -0.25) is 4.79 Å². The molecular formula is C13H10N2O2. The number of hydrogen-bond acceptors (Lipinski definition) is 3. The summed E-state index contributed by atoms with van der Waals surface area (Å²) in [5.41, 5.74) is 1.09. The maximum Gasteiger partial charge on any atom is 0.216 e. The van der Waals surface area contributed by atoms with Crippen LogP contribution in [0.4, 0.5) is 0 Å². The number of nitriles is 1. The average molecular weight is 226 g/mol. The van der Waals surface area contributed by atoms with Gasteiger partial charge < -0.3 is 9.72 Å². The Morgan fingerprint density at radius 3 is 2.65 bits per heavy atom. The Labute approximate surface area is 98.5 Å². The van der Waals surface area contributed by atoms with Crippen LogP contribution >= 0.6 is 0 Å². The average Bonchev–Trinajstić information content (AvgIpc) is 2.90. The van der Waals surface area contributed by atoms with E-state index in [4.69, 9.17) is 10.00 Å². The fourth-order valence-electron chi connectivity index (χ4n) is 1.36. The minimum atomic E-state index is -0.112. The van der Waals surface area contributed by atoms with Crippen LogP contribution in [0.2, 0.25) is 0 Å². The topological polar surface area (TPSA) is 65.9 Å². The largest absolute Gasteiger partial charge is 0.485 e. The molecule has 0 amide bonds. The zero-order chi connectivity index (χ0) is 12.1. The number of carbonyl (C=O) groups is 1. The third kappa shape index (κ3) is 2.73. The Balaban J connectivity index is 1.94. The molecule has 4 heteroatoms. The van der Waals surface area contributed by atoms with Gasteiger partial charge in [-0.2, -0.15) is 5.26 Å². The van der Waals surface area contributed by atoms with E-state index in [0.29, 0.717) is 17.0 Å². The molecule has 0 saturated heterocycles. The summed E-state index contributed by atoms with van der Waals surface area (Å²) in [4.78, 5) is 14.4. The van der Waals surface area contributed by atoms with Gasteiger partial charge in [-0.1, -0.05) is 0 Å². The first-order valence-corrected chi connectivity index (χ1v) is 5.09. The molecule has 0 aliphatic rings. The molecule has 0 radical (unpaired) electrons. The Morgan fingerprint density at radius 2 is 2.06 bits per heavy atom. The molecule has 4 nitrogen and oxygen atoms in total. The number of ketones is 1. The lowest BCUT2D eigenvalue weighted by Gasteiger charge is -2.04. The summed E-state index contributed by atoms with van der Waals surface area (Å²) in [7, 11) is 0. The number of rotatable bonds is 4. The standard InChI is InChI=1S/C13H10N2O2/c14-8-10-3-5-11(6-4-10)17-9-13(16)12-2-1-7-15-12/h1-7,15H,9H2. The van der Waals surface area contributed by atoms with Crippen LogP contribution in [0, 0.1) is 11.3 Å². The summed E-state index contributed by atoms with van der Waals surface area (Å²) in [5, 5.41) is 8.62. The lowest BCUT2D eigenvalue weighted by molar-refractivity contribution is 0.0917. The maximum absolute atomic E-state index is 11.6. The molecule has 0 atom stereocenters. The highest BCUT2D eigenvalue weighted by atomic mass is 16.5. The number of aromatic amines is 1. The predicted molar refractivity (Wildman–Crippen MR) is 61.8 cm³/mol. The molecule has 2 rings (SSSR count). The number of Topliss-reactive ketones (excluding diaryl/α,β-unsaturated/α-hetero) is 1. The number of carbonyl (C=O) groups excluding carboxylic acids is 1. The van der Waals surface area contributed by atoms with Crippen molar-refractivity contribution in [2.24, 2.45) is 0 Å². The summed E-state index contributed by atoms with van der Waals surface area (Å²) >= 11 is 0. The van der Waals surface area contributed by atoms with Crippen molar-refractivity contribution in [3.63, 3.8) is 0 Å². The van der Waals surface area contributed by atoms with Gasteiger partial charge in [-0.25, -0.2) is 0 Å². The van der Waals surface area contributed by atoms with Gasteiger partial charge in [0, 0.05) is 6.20 Å². The Hall–Kier alpha value is -2.54. The van der Waals surface area contributed by atoms with Gasteiger partial charge in [0.15, 0.2) is 6.61 Å².